The van der Waals surface area contributed by atoms with E-state index < -0.39 is 31.3 Å². The second-order valence-corrected chi connectivity index (χ2v) is 8.94. The Bertz CT molecular complexity index is 1050. The van der Waals surface area contributed by atoms with Crippen LogP contribution < -0.4 is 0 Å². The Hall–Kier alpha value is -2.72. The highest BCUT2D eigenvalue weighted by Crippen LogP contribution is 2.36. The fourth-order valence-electron chi connectivity index (χ4n) is 2.80. The summed E-state index contributed by atoms with van der Waals surface area (Å²) in [4.78, 5) is -1.44. The minimum Gasteiger partial charge on any atom is -0.507 e. The first-order valence-corrected chi connectivity index (χ1v) is 10.2. The van der Waals surface area contributed by atoms with Gasteiger partial charge in [-0.3, -0.25) is 0 Å². The zero-order valence-electron chi connectivity index (χ0n) is 16.0. The number of allylic oxidation sites excluding steroid dienone is 1. The van der Waals surface area contributed by atoms with Crippen LogP contribution in [-0.2, 0) is 9.84 Å². The maximum Gasteiger partial charge on any atom is 0.219 e. The van der Waals surface area contributed by atoms with Crippen molar-refractivity contribution < 1.29 is 22.3 Å². The van der Waals surface area contributed by atoms with Gasteiger partial charge in [0.1, 0.15) is 33.3 Å². The standard InChI is InChI=1S/C21H21F2NO3S/c1-12(2)17-8-14(9-18(13(3)4)21(17)25)7-16(11-24)28(26,27)20-6-5-15(22)10-19(20)23/h5-10,12-13,25H,1-4H3/b16-7+. The highest BCUT2D eigenvalue weighted by Gasteiger charge is 2.25. The zero-order valence-corrected chi connectivity index (χ0v) is 16.8. The van der Waals surface area contributed by atoms with Gasteiger partial charge < -0.3 is 5.11 Å². The lowest BCUT2D eigenvalue weighted by Crippen LogP contribution is -2.07. The summed E-state index contributed by atoms with van der Waals surface area (Å²) >= 11 is 0. The SMILES string of the molecule is CC(C)c1cc(/C=C(\C#N)S(=O)(=O)c2ccc(F)cc2F)cc(C(C)C)c1O. The molecular weight excluding hydrogens is 384 g/mol. The fraction of sp³-hybridized carbons (Fsp3) is 0.286. The third kappa shape index (κ3) is 4.23. The summed E-state index contributed by atoms with van der Waals surface area (Å²) in [5.74, 6) is -2.13. The molecule has 0 aliphatic heterocycles. The number of nitriles is 1. The van der Waals surface area contributed by atoms with E-state index in [4.69, 9.17) is 0 Å². The second-order valence-electron chi connectivity index (χ2n) is 7.06. The normalized spacial score (nSPS) is 12.5. The maximum absolute atomic E-state index is 14.0. The van der Waals surface area contributed by atoms with Crippen molar-refractivity contribution in [1.82, 2.24) is 0 Å². The molecule has 0 radical (unpaired) electrons. The lowest BCUT2D eigenvalue weighted by molar-refractivity contribution is 0.454. The van der Waals surface area contributed by atoms with Crippen molar-refractivity contribution in [2.75, 3.05) is 0 Å². The molecule has 0 aromatic heterocycles. The van der Waals surface area contributed by atoms with Gasteiger partial charge in [0.05, 0.1) is 0 Å². The lowest BCUT2D eigenvalue weighted by Gasteiger charge is -2.16. The molecule has 0 heterocycles. The van der Waals surface area contributed by atoms with Crippen molar-refractivity contribution in [1.29, 1.82) is 5.26 Å². The molecule has 28 heavy (non-hydrogen) atoms. The molecule has 0 unspecified atom stereocenters. The van der Waals surface area contributed by atoms with Crippen LogP contribution >= 0.6 is 0 Å². The van der Waals surface area contributed by atoms with E-state index in [1.165, 1.54) is 0 Å². The molecular formula is C21H21F2NO3S. The molecule has 0 saturated heterocycles. The van der Waals surface area contributed by atoms with Crippen LogP contribution in [0.4, 0.5) is 8.78 Å². The summed E-state index contributed by atoms with van der Waals surface area (Å²) in [5, 5.41) is 19.9. The number of phenols is 1. The molecule has 2 aromatic carbocycles. The molecule has 0 atom stereocenters. The van der Waals surface area contributed by atoms with Crippen molar-refractivity contribution in [3.63, 3.8) is 0 Å². The van der Waals surface area contributed by atoms with Crippen molar-refractivity contribution >= 4 is 15.9 Å². The molecule has 2 rings (SSSR count). The molecule has 0 saturated carbocycles. The van der Waals surface area contributed by atoms with E-state index >= 15 is 0 Å². The zero-order chi connectivity index (χ0) is 21.2. The van der Waals surface area contributed by atoms with E-state index in [0.717, 1.165) is 18.2 Å². The van der Waals surface area contributed by atoms with E-state index in [1.807, 2.05) is 27.7 Å². The Labute approximate surface area is 163 Å². The van der Waals surface area contributed by atoms with E-state index in [2.05, 4.69) is 0 Å². The summed E-state index contributed by atoms with van der Waals surface area (Å²) in [6.07, 6.45) is 1.13. The van der Waals surface area contributed by atoms with Gasteiger partial charge in [0.2, 0.25) is 9.84 Å². The van der Waals surface area contributed by atoms with E-state index in [-0.39, 0.29) is 17.6 Å². The van der Waals surface area contributed by atoms with Crippen LogP contribution in [0.1, 0.15) is 56.2 Å². The third-order valence-corrected chi connectivity index (χ3v) is 6.01. The van der Waals surface area contributed by atoms with Crippen LogP contribution in [0.25, 0.3) is 6.08 Å². The minimum absolute atomic E-state index is 0.0393. The summed E-state index contributed by atoms with van der Waals surface area (Å²) in [5.41, 5.74) is 1.62. The van der Waals surface area contributed by atoms with Crippen LogP contribution in [0.5, 0.6) is 5.75 Å². The van der Waals surface area contributed by atoms with Gasteiger partial charge in [-0.1, -0.05) is 27.7 Å². The molecule has 0 bridgehead atoms. The number of hydrogen-bond acceptors (Lipinski definition) is 4. The first-order chi connectivity index (χ1) is 13.0. The van der Waals surface area contributed by atoms with E-state index in [0.29, 0.717) is 22.8 Å². The molecule has 0 fully saturated rings. The van der Waals surface area contributed by atoms with Gasteiger partial charge in [0.25, 0.3) is 0 Å². The topological polar surface area (TPSA) is 78.2 Å². The largest absolute Gasteiger partial charge is 0.507 e. The molecule has 0 aliphatic rings. The van der Waals surface area contributed by atoms with Gasteiger partial charge in [-0.05, 0) is 58.9 Å². The molecule has 7 heteroatoms. The molecule has 0 aliphatic carbocycles. The van der Waals surface area contributed by atoms with Gasteiger partial charge in [-0.15, -0.1) is 0 Å². The molecule has 4 nitrogen and oxygen atoms in total. The number of phenolic OH excluding ortho intramolecular Hbond substituents is 1. The summed E-state index contributed by atoms with van der Waals surface area (Å²) < 4.78 is 52.5. The first-order valence-electron chi connectivity index (χ1n) is 8.67. The minimum atomic E-state index is -4.48. The molecule has 2 aromatic rings. The average molecular weight is 405 g/mol. The Morgan fingerprint density at radius 3 is 2.04 bits per heavy atom. The average Bonchev–Trinajstić information content (AvgIpc) is 2.59. The van der Waals surface area contributed by atoms with Crippen molar-refractivity contribution in [3.8, 4) is 11.8 Å². The van der Waals surface area contributed by atoms with Gasteiger partial charge in [0, 0.05) is 6.07 Å². The summed E-state index contributed by atoms with van der Waals surface area (Å²) in [6.45, 7) is 7.51. The second kappa shape index (κ2) is 8.11. The maximum atomic E-state index is 14.0. The number of sulfone groups is 1. The first kappa shape index (κ1) is 21.6. The monoisotopic (exact) mass is 405 g/mol. The Morgan fingerprint density at radius 1 is 1.07 bits per heavy atom. The quantitative estimate of drug-likeness (QED) is 0.544. The molecule has 0 amide bonds. The fourth-order valence-corrected chi connectivity index (χ4v) is 4.01. The van der Waals surface area contributed by atoms with Gasteiger partial charge in [-0.2, -0.15) is 5.26 Å². The Balaban J connectivity index is 2.69. The Morgan fingerprint density at radius 2 is 1.61 bits per heavy atom. The predicted molar refractivity (Wildman–Crippen MR) is 103 cm³/mol. The van der Waals surface area contributed by atoms with Crippen LogP contribution in [0.15, 0.2) is 40.1 Å². The number of nitrogens with zero attached hydrogens (tertiary/aromatic N) is 1. The van der Waals surface area contributed by atoms with Crippen molar-refractivity contribution in [2.24, 2.45) is 0 Å². The molecule has 148 valence electrons. The third-order valence-electron chi connectivity index (χ3n) is 4.32. The van der Waals surface area contributed by atoms with Crippen LogP contribution in [-0.4, -0.2) is 13.5 Å². The lowest BCUT2D eigenvalue weighted by atomic mass is 9.91. The summed E-state index contributed by atoms with van der Waals surface area (Å²) in [7, 11) is -4.48. The Kier molecular flexibility index (Phi) is 6.25. The van der Waals surface area contributed by atoms with E-state index in [1.54, 1.807) is 18.2 Å². The number of aromatic hydroxyl groups is 1. The molecule has 0 spiro atoms. The number of halogens is 2. The molecule has 1 N–H and O–H groups in total. The highest BCUT2D eigenvalue weighted by molar-refractivity contribution is 7.95. The number of rotatable bonds is 5. The predicted octanol–water partition coefficient (Wildman–Crippen LogP) is 5.26. The number of benzene rings is 2. The highest BCUT2D eigenvalue weighted by atomic mass is 32.2. The van der Waals surface area contributed by atoms with Gasteiger partial charge in [-0.25, -0.2) is 17.2 Å². The van der Waals surface area contributed by atoms with Crippen molar-refractivity contribution in [2.45, 2.75) is 44.4 Å². The van der Waals surface area contributed by atoms with Crippen LogP contribution in [0, 0.1) is 23.0 Å². The summed E-state index contributed by atoms with van der Waals surface area (Å²) in [6, 6.07) is 6.85. The smallest absolute Gasteiger partial charge is 0.219 e. The van der Waals surface area contributed by atoms with Gasteiger partial charge >= 0.3 is 0 Å². The van der Waals surface area contributed by atoms with Crippen LogP contribution in [0.3, 0.4) is 0 Å². The van der Waals surface area contributed by atoms with Crippen LogP contribution in [0.2, 0.25) is 0 Å². The van der Waals surface area contributed by atoms with E-state index in [9.17, 15) is 27.6 Å². The number of hydrogen-bond donors (Lipinski definition) is 1. The van der Waals surface area contributed by atoms with Crippen molar-refractivity contribution in [3.05, 3.63) is 63.6 Å². The van der Waals surface area contributed by atoms with Gasteiger partial charge in [0.15, 0.2) is 0 Å².